The van der Waals surface area contributed by atoms with Gasteiger partial charge in [-0.3, -0.25) is 0 Å². The van der Waals surface area contributed by atoms with E-state index in [0.717, 1.165) is 35.6 Å². The molecule has 0 saturated heterocycles. The van der Waals surface area contributed by atoms with Gasteiger partial charge in [-0.1, -0.05) is 19.1 Å². The number of fused-ring (bicyclic) bond motifs is 1. The standard InChI is InChI=1S/C16H18N4S/c1-2-8-18-14(12-7-9-17-11-19-12)10-16-20-13-5-3-4-6-15(13)21-16/h3-7,9,11,14,18H,2,8,10H2,1H3. The molecule has 3 rings (SSSR count). The average Bonchev–Trinajstić information content (AvgIpc) is 2.94. The maximum Gasteiger partial charge on any atom is 0.115 e. The molecule has 1 atom stereocenters. The fourth-order valence-electron chi connectivity index (χ4n) is 2.29. The van der Waals surface area contributed by atoms with Crippen molar-refractivity contribution in [2.75, 3.05) is 6.54 Å². The summed E-state index contributed by atoms with van der Waals surface area (Å²) >= 11 is 1.76. The van der Waals surface area contributed by atoms with Crippen molar-refractivity contribution < 1.29 is 0 Å². The molecule has 0 bridgehead atoms. The smallest absolute Gasteiger partial charge is 0.115 e. The topological polar surface area (TPSA) is 50.7 Å². The van der Waals surface area contributed by atoms with Crippen molar-refractivity contribution in [3.05, 3.63) is 53.6 Å². The molecule has 2 aromatic heterocycles. The van der Waals surface area contributed by atoms with Gasteiger partial charge in [0.25, 0.3) is 0 Å². The van der Waals surface area contributed by atoms with E-state index in [-0.39, 0.29) is 6.04 Å². The largest absolute Gasteiger partial charge is 0.308 e. The number of hydrogen-bond acceptors (Lipinski definition) is 5. The molecule has 5 heteroatoms. The molecule has 1 aromatic carbocycles. The fraction of sp³-hybridized carbons (Fsp3) is 0.312. The van der Waals surface area contributed by atoms with Gasteiger partial charge in [0.2, 0.25) is 0 Å². The molecule has 21 heavy (non-hydrogen) atoms. The van der Waals surface area contributed by atoms with Crippen molar-refractivity contribution in [3.8, 4) is 0 Å². The molecule has 0 aliphatic carbocycles. The third kappa shape index (κ3) is 3.43. The van der Waals surface area contributed by atoms with Gasteiger partial charge in [-0.25, -0.2) is 15.0 Å². The Labute approximate surface area is 128 Å². The Morgan fingerprint density at radius 3 is 2.90 bits per heavy atom. The van der Waals surface area contributed by atoms with Crippen molar-refractivity contribution >= 4 is 21.6 Å². The minimum Gasteiger partial charge on any atom is -0.308 e. The quantitative estimate of drug-likeness (QED) is 0.758. The first-order valence-electron chi connectivity index (χ1n) is 7.20. The summed E-state index contributed by atoms with van der Waals surface area (Å²) in [6.07, 6.45) is 5.35. The zero-order valence-corrected chi connectivity index (χ0v) is 12.8. The molecule has 0 saturated carbocycles. The average molecular weight is 298 g/mol. The van der Waals surface area contributed by atoms with Crippen LogP contribution in [0.4, 0.5) is 0 Å². The summed E-state index contributed by atoms with van der Waals surface area (Å²) in [4.78, 5) is 13.1. The van der Waals surface area contributed by atoms with Crippen LogP contribution in [0.3, 0.4) is 0 Å². The lowest BCUT2D eigenvalue weighted by atomic mass is 10.1. The van der Waals surface area contributed by atoms with Gasteiger partial charge in [-0.05, 0) is 31.2 Å². The Bertz CT molecular complexity index is 663. The highest BCUT2D eigenvalue weighted by Crippen LogP contribution is 2.25. The predicted molar refractivity (Wildman–Crippen MR) is 86.4 cm³/mol. The van der Waals surface area contributed by atoms with E-state index in [9.17, 15) is 0 Å². The number of nitrogens with zero attached hydrogens (tertiary/aromatic N) is 3. The molecule has 0 fully saturated rings. The van der Waals surface area contributed by atoms with E-state index < -0.39 is 0 Å². The third-order valence-electron chi connectivity index (χ3n) is 3.32. The second-order valence-corrected chi connectivity index (χ2v) is 6.04. The van der Waals surface area contributed by atoms with Gasteiger partial charge < -0.3 is 5.32 Å². The lowest BCUT2D eigenvalue weighted by Gasteiger charge is -2.16. The van der Waals surface area contributed by atoms with Crippen molar-refractivity contribution in [3.63, 3.8) is 0 Å². The van der Waals surface area contributed by atoms with E-state index in [1.165, 1.54) is 4.70 Å². The third-order valence-corrected chi connectivity index (χ3v) is 4.38. The monoisotopic (exact) mass is 298 g/mol. The highest BCUT2D eigenvalue weighted by atomic mass is 32.1. The number of nitrogens with one attached hydrogen (secondary N) is 1. The molecular formula is C16H18N4S. The molecule has 2 heterocycles. The van der Waals surface area contributed by atoms with E-state index >= 15 is 0 Å². The van der Waals surface area contributed by atoms with Crippen LogP contribution in [0.25, 0.3) is 10.2 Å². The summed E-state index contributed by atoms with van der Waals surface area (Å²) in [6, 6.07) is 10.4. The lowest BCUT2D eigenvalue weighted by molar-refractivity contribution is 0.516. The van der Waals surface area contributed by atoms with Crippen molar-refractivity contribution in [2.45, 2.75) is 25.8 Å². The van der Waals surface area contributed by atoms with Crippen LogP contribution < -0.4 is 5.32 Å². The van der Waals surface area contributed by atoms with Crippen LogP contribution in [0.2, 0.25) is 0 Å². The first-order valence-corrected chi connectivity index (χ1v) is 8.02. The number of hydrogen-bond donors (Lipinski definition) is 1. The number of para-hydroxylation sites is 1. The van der Waals surface area contributed by atoms with Gasteiger partial charge in [-0.2, -0.15) is 0 Å². The molecule has 108 valence electrons. The van der Waals surface area contributed by atoms with Crippen LogP contribution in [-0.2, 0) is 6.42 Å². The normalized spacial score (nSPS) is 12.6. The van der Waals surface area contributed by atoms with Crippen LogP contribution in [0, 0.1) is 0 Å². The van der Waals surface area contributed by atoms with Gasteiger partial charge in [-0.15, -0.1) is 11.3 Å². The Morgan fingerprint density at radius 1 is 1.24 bits per heavy atom. The summed E-state index contributed by atoms with van der Waals surface area (Å²) in [5.41, 5.74) is 2.10. The van der Waals surface area contributed by atoms with Gasteiger partial charge in [0.05, 0.1) is 27.0 Å². The minimum absolute atomic E-state index is 0.188. The van der Waals surface area contributed by atoms with E-state index in [2.05, 4.69) is 40.4 Å². The molecule has 4 nitrogen and oxygen atoms in total. The van der Waals surface area contributed by atoms with Crippen LogP contribution in [0.15, 0.2) is 42.9 Å². The first kappa shape index (κ1) is 14.1. The van der Waals surface area contributed by atoms with Crippen LogP contribution >= 0.6 is 11.3 Å². The second kappa shape index (κ2) is 6.74. The first-order chi connectivity index (χ1) is 10.4. The van der Waals surface area contributed by atoms with Gasteiger partial charge in [0.15, 0.2) is 0 Å². The molecule has 0 amide bonds. The van der Waals surface area contributed by atoms with Crippen LogP contribution in [0.1, 0.15) is 30.1 Å². The zero-order chi connectivity index (χ0) is 14.5. The van der Waals surface area contributed by atoms with Gasteiger partial charge in [0, 0.05) is 12.6 Å². The maximum atomic E-state index is 4.72. The summed E-state index contributed by atoms with van der Waals surface area (Å²) in [5.74, 6) is 0. The van der Waals surface area contributed by atoms with Crippen LogP contribution in [0.5, 0.6) is 0 Å². The molecule has 0 aliphatic heterocycles. The highest BCUT2D eigenvalue weighted by molar-refractivity contribution is 7.18. The summed E-state index contributed by atoms with van der Waals surface area (Å²) in [6.45, 7) is 3.14. The molecule has 0 aliphatic rings. The lowest BCUT2D eigenvalue weighted by Crippen LogP contribution is -2.25. The van der Waals surface area contributed by atoms with Crippen molar-refractivity contribution in [1.82, 2.24) is 20.3 Å². The van der Waals surface area contributed by atoms with E-state index in [4.69, 9.17) is 4.98 Å². The van der Waals surface area contributed by atoms with E-state index in [1.54, 1.807) is 23.9 Å². The second-order valence-electron chi connectivity index (χ2n) is 4.92. The van der Waals surface area contributed by atoms with E-state index in [1.807, 2.05) is 12.1 Å². The Morgan fingerprint density at radius 2 is 2.14 bits per heavy atom. The number of rotatable bonds is 6. The van der Waals surface area contributed by atoms with Gasteiger partial charge in [0.1, 0.15) is 6.33 Å². The van der Waals surface area contributed by atoms with E-state index in [0.29, 0.717) is 0 Å². The molecular weight excluding hydrogens is 280 g/mol. The van der Waals surface area contributed by atoms with Crippen molar-refractivity contribution in [1.29, 1.82) is 0 Å². The molecule has 0 spiro atoms. The minimum atomic E-state index is 0.188. The summed E-state index contributed by atoms with van der Waals surface area (Å²) in [5, 5.41) is 4.70. The number of benzene rings is 1. The molecule has 0 radical (unpaired) electrons. The maximum absolute atomic E-state index is 4.72. The zero-order valence-electron chi connectivity index (χ0n) is 12.0. The highest BCUT2D eigenvalue weighted by Gasteiger charge is 2.15. The van der Waals surface area contributed by atoms with Gasteiger partial charge >= 0.3 is 0 Å². The molecule has 3 aromatic rings. The summed E-state index contributed by atoms with van der Waals surface area (Å²) < 4.78 is 1.24. The van der Waals surface area contributed by atoms with Crippen molar-refractivity contribution in [2.24, 2.45) is 0 Å². The SMILES string of the molecule is CCCNC(Cc1nc2ccccc2s1)c1ccncn1. The fourth-order valence-corrected chi connectivity index (χ4v) is 3.30. The predicted octanol–water partition coefficient (Wildman–Crippen LogP) is 3.37. The Balaban J connectivity index is 1.83. The van der Waals surface area contributed by atoms with Crippen LogP contribution in [-0.4, -0.2) is 21.5 Å². The Hall–Kier alpha value is -1.85. The molecule has 1 unspecified atom stereocenters. The Kier molecular flexibility index (Phi) is 4.52. The number of aromatic nitrogens is 3. The summed E-state index contributed by atoms with van der Waals surface area (Å²) in [7, 11) is 0. The molecule has 1 N–H and O–H groups in total. The number of thiazole rings is 1.